The predicted octanol–water partition coefficient (Wildman–Crippen LogP) is 2.57. The molecule has 1 unspecified atom stereocenters. The molecule has 3 N–H and O–H groups in total. The van der Waals surface area contributed by atoms with E-state index in [1.807, 2.05) is 6.07 Å². The summed E-state index contributed by atoms with van der Waals surface area (Å²) in [5.41, 5.74) is 5.90. The molecule has 0 amide bonds. The second-order valence-electron chi connectivity index (χ2n) is 4.99. The normalized spacial score (nSPS) is 13.1. The van der Waals surface area contributed by atoms with E-state index in [0.717, 1.165) is 23.9 Å². The summed E-state index contributed by atoms with van der Waals surface area (Å²) in [7, 11) is 0. The Hall–Kier alpha value is -1.52. The van der Waals surface area contributed by atoms with Crippen molar-refractivity contribution in [2.24, 2.45) is 11.8 Å². The summed E-state index contributed by atoms with van der Waals surface area (Å²) in [6, 6.07) is 6.31. The predicted molar refractivity (Wildman–Crippen MR) is 73.7 cm³/mol. The number of nitrogens with zero attached hydrogens (tertiary/aromatic N) is 2. The first-order chi connectivity index (χ1) is 8.70. The number of aromatic nitrogens is 2. The van der Waals surface area contributed by atoms with Gasteiger partial charge in [-0.3, -0.25) is 21.2 Å². The fraction of sp³-hybridized carbons (Fsp3) is 0.429. The molecule has 1 aromatic heterocycles. The first kappa shape index (κ1) is 12.9. The van der Waals surface area contributed by atoms with Gasteiger partial charge in [-0.25, -0.2) is 0 Å². The lowest BCUT2D eigenvalue weighted by atomic mass is 9.98. The number of hydrogen-bond acceptors (Lipinski definition) is 4. The van der Waals surface area contributed by atoms with Gasteiger partial charge in [-0.2, -0.15) is 0 Å². The molecule has 1 aromatic carbocycles. The number of fused-ring (bicyclic) bond motifs is 1. The van der Waals surface area contributed by atoms with Crippen LogP contribution in [0.1, 0.15) is 38.3 Å². The van der Waals surface area contributed by atoms with Crippen LogP contribution in [0.5, 0.6) is 0 Å². The molecule has 0 aliphatic rings. The molecule has 0 fully saturated rings. The van der Waals surface area contributed by atoms with Gasteiger partial charge in [-0.1, -0.05) is 19.9 Å². The highest BCUT2D eigenvalue weighted by Gasteiger charge is 2.11. The van der Waals surface area contributed by atoms with Gasteiger partial charge in [-0.15, -0.1) is 0 Å². The largest absolute Gasteiger partial charge is 0.271 e. The first-order valence-electron chi connectivity index (χ1n) is 6.37. The summed E-state index contributed by atoms with van der Waals surface area (Å²) in [6.07, 6.45) is 5.60. The highest BCUT2D eigenvalue weighted by molar-refractivity contribution is 5.74. The van der Waals surface area contributed by atoms with Gasteiger partial charge in [0.1, 0.15) is 0 Å². The number of hydrogen-bond donors (Lipinski definition) is 2. The van der Waals surface area contributed by atoms with Crippen LogP contribution in [-0.4, -0.2) is 9.97 Å². The molecule has 0 aliphatic carbocycles. The van der Waals surface area contributed by atoms with Gasteiger partial charge in [0.2, 0.25) is 0 Å². The maximum Gasteiger partial charge on any atom is 0.0890 e. The van der Waals surface area contributed by atoms with Gasteiger partial charge >= 0.3 is 0 Å². The topological polar surface area (TPSA) is 63.8 Å². The molecule has 18 heavy (non-hydrogen) atoms. The molecule has 0 saturated carbocycles. The van der Waals surface area contributed by atoms with Crippen molar-refractivity contribution in [3.8, 4) is 0 Å². The third-order valence-corrected chi connectivity index (χ3v) is 3.13. The fourth-order valence-electron chi connectivity index (χ4n) is 2.04. The van der Waals surface area contributed by atoms with Crippen LogP contribution >= 0.6 is 0 Å². The number of rotatable bonds is 5. The van der Waals surface area contributed by atoms with Crippen molar-refractivity contribution in [1.82, 2.24) is 15.4 Å². The number of nitrogens with one attached hydrogen (secondary N) is 1. The van der Waals surface area contributed by atoms with Gasteiger partial charge in [0.15, 0.2) is 0 Å². The van der Waals surface area contributed by atoms with E-state index in [0.29, 0.717) is 5.92 Å². The minimum absolute atomic E-state index is 0.179. The molecule has 4 nitrogen and oxygen atoms in total. The van der Waals surface area contributed by atoms with Crippen molar-refractivity contribution >= 4 is 11.0 Å². The molecule has 0 aliphatic heterocycles. The smallest absolute Gasteiger partial charge is 0.0890 e. The summed E-state index contributed by atoms with van der Waals surface area (Å²) in [6.45, 7) is 4.44. The lowest BCUT2D eigenvalue weighted by Crippen LogP contribution is -2.28. The van der Waals surface area contributed by atoms with E-state index in [1.165, 1.54) is 5.56 Å². The first-order valence-corrected chi connectivity index (χ1v) is 6.37. The maximum absolute atomic E-state index is 5.65. The molecule has 0 bridgehead atoms. The van der Waals surface area contributed by atoms with E-state index < -0.39 is 0 Å². The molecule has 1 heterocycles. The Kier molecular flexibility index (Phi) is 4.23. The SMILES string of the molecule is CC(C)CCC(NN)c1ccc2nccnc2c1. The van der Waals surface area contributed by atoms with Crippen molar-refractivity contribution in [3.05, 3.63) is 36.2 Å². The van der Waals surface area contributed by atoms with Crippen molar-refractivity contribution in [3.63, 3.8) is 0 Å². The Morgan fingerprint density at radius 3 is 2.50 bits per heavy atom. The quantitative estimate of drug-likeness (QED) is 0.626. The Morgan fingerprint density at radius 2 is 1.83 bits per heavy atom. The van der Waals surface area contributed by atoms with Crippen molar-refractivity contribution in [1.29, 1.82) is 0 Å². The highest BCUT2D eigenvalue weighted by Crippen LogP contribution is 2.22. The summed E-state index contributed by atoms with van der Waals surface area (Å²) < 4.78 is 0. The monoisotopic (exact) mass is 244 g/mol. The molecule has 4 heteroatoms. The van der Waals surface area contributed by atoms with E-state index >= 15 is 0 Å². The molecule has 0 saturated heterocycles. The van der Waals surface area contributed by atoms with E-state index in [4.69, 9.17) is 5.84 Å². The second-order valence-corrected chi connectivity index (χ2v) is 4.99. The van der Waals surface area contributed by atoms with Crippen LogP contribution < -0.4 is 11.3 Å². The summed E-state index contributed by atoms with van der Waals surface area (Å²) >= 11 is 0. The molecular formula is C14H20N4. The lowest BCUT2D eigenvalue weighted by Gasteiger charge is -2.17. The second kappa shape index (κ2) is 5.89. The average Bonchev–Trinajstić information content (AvgIpc) is 2.39. The van der Waals surface area contributed by atoms with Gasteiger partial charge < -0.3 is 0 Å². The van der Waals surface area contributed by atoms with Crippen molar-refractivity contribution in [2.45, 2.75) is 32.7 Å². The average molecular weight is 244 g/mol. The van der Waals surface area contributed by atoms with Crippen LogP contribution in [0.25, 0.3) is 11.0 Å². The Balaban J connectivity index is 2.22. The standard InChI is InChI=1S/C14H20N4/c1-10(2)3-5-12(18-15)11-4-6-13-14(9-11)17-8-7-16-13/h4,6-10,12,18H,3,5,15H2,1-2H3. The van der Waals surface area contributed by atoms with E-state index in [2.05, 4.69) is 41.4 Å². The van der Waals surface area contributed by atoms with E-state index in [1.54, 1.807) is 12.4 Å². The minimum Gasteiger partial charge on any atom is -0.271 e. The van der Waals surface area contributed by atoms with E-state index in [-0.39, 0.29) is 6.04 Å². The summed E-state index contributed by atoms with van der Waals surface area (Å²) in [5.74, 6) is 6.33. The van der Waals surface area contributed by atoms with Crippen LogP contribution in [0.3, 0.4) is 0 Å². The zero-order chi connectivity index (χ0) is 13.0. The van der Waals surface area contributed by atoms with Crippen LogP contribution in [0.4, 0.5) is 0 Å². The van der Waals surface area contributed by atoms with Gasteiger partial charge in [0.05, 0.1) is 11.0 Å². The molecule has 1 atom stereocenters. The molecule has 96 valence electrons. The molecule has 0 radical (unpaired) electrons. The maximum atomic E-state index is 5.65. The third kappa shape index (κ3) is 3.03. The molecule has 0 spiro atoms. The Labute approximate surface area is 108 Å². The fourth-order valence-corrected chi connectivity index (χ4v) is 2.04. The lowest BCUT2D eigenvalue weighted by molar-refractivity contribution is 0.448. The van der Waals surface area contributed by atoms with E-state index in [9.17, 15) is 0 Å². The zero-order valence-corrected chi connectivity index (χ0v) is 10.9. The van der Waals surface area contributed by atoms with Gasteiger partial charge in [-0.05, 0) is 36.5 Å². The summed E-state index contributed by atoms with van der Waals surface area (Å²) in [4.78, 5) is 8.59. The number of hydrazine groups is 1. The Bertz CT molecular complexity index is 510. The minimum atomic E-state index is 0.179. The number of benzene rings is 1. The van der Waals surface area contributed by atoms with Gasteiger partial charge in [0.25, 0.3) is 0 Å². The molecule has 2 rings (SSSR count). The van der Waals surface area contributed by atoms with Crippen LogP contribution in [0.2, 0.25) is 0 Å². The molecule has 2 aromatic rings. The highest BCUT2D eigenvalue weighted by atomic mass is 15.2. The third-order valence-electron chi connectivity index (χ3n) is 3.13. The van der Waals surface area contributed by atoms with Crippen molar-refractivity contribution < 1.29 is 0 Å². The van der Waals surface area contributed by atoms with Crippen molar-refractivity contribution in [2.75, 3.05) is 0 Å². The Morgan fingerprint density at radius 1 is 1.11 bits per heavy atom. The van der Waals surface area contributed by atoms with Gasteiger partial charge in [0, 0.05) is 18.4 Å². The zero-order valence-electron chi connectivity index (χ0n) is 10.9. The summed E-state index contributed by atoms with van der Waals surface area (Å²) in [5, 5.41) is 0. The molecular weight excluding hydrogens is 224 g/mol. The number of nitrogens with two attached hydrogens (primary N) is 1. The van der Waals surface area contributed by atoms with Crippen LogP contribution in [0, 0.1) is 5.92 Å². The van der Waals surface area contributed by atoms with Crippen LogP contribution in [0.15, 0.2) is 30.6 Å². The van der Waals surface area contributed by atoms with Crippen LogP contribution in [-0.2, 0) is 0 Å².